The predicted molar refractivity (Wildman–Crippen MR) is 88.0 cm³/mol. The molecule has 2 heterocycles. The number of unbranched alkanes of at least 4 members (excludes halogenated alkanes) is 4. The third kappa shape index (κ3) is 4.03. The number of nitrogens with zero attached hydrogens (tertiary/aromatic N) is 3. The summed E-state index contributed by atoms with van der Waals surface area (Å²) >= 11 is 0.849. The fraction of sp³-hybridized carbons (Fsp3) is 0.571. The Hall–Kier alpha value is -1.61. The van der Waals surface area contributed by atoms with E-state index in [1.165, 1.54) is 13.1 Å². The molecular formula is C14H19N3O4S2. The first-order valence-electron chi connectivity index (χ1n) is 7.49. The molecule has 0 bridgehead atoms. The first-order chi connectivity index (χ1) is 10.9. The summed E-state index contributed by atoms with van der Waals surface area (Å²) in [6.45, 7) is 3.35. The van der Waals surface area contributed by atoms with Crippen LogP contribution in [0.5, 0.6) is 0 Å². The van der Waals surface area contributed by atoms with Crippen LogP contribution in [0, 0.1) is 0 Å². The van der Waals surface area contributed by atoms with E-state index in [2.05, 4.69) is 17.0 Å². The maximum Gasteiger partial charge on any atom is 0.286 e. The Morgan fingerprint density at radius 2 is 1.96 bits per heavy atom. The Bertz CT molecular complexity index is 868. The van der Waals surface area contributed by atoms with E-state index in [0.717, 1.165) is 41.5 Å². The Morgan fingerprint density at radius 1 is 1.26 bits per heavy atom. The van der Waals surface area contributed by atoms with E-state index in [4.69, 9.17) is 0 Å². The zero-order valence-electron chi connectivity index (χ0n) is 13.1. The number of hydrogen-bond acceptors (Lipinski definition) is 7. The third-order valence-electron chi connectivity index (χ3n) is 3.43. The Morgan fingerprint density at radius 3 is 2.61 bits per heavy atom. The molecule has 0 amide bonds. The maximum absolute atomic E-state index is 12.3. The average Bonchev–Trinajstić information content (AvgIpc) is 2.93. The number of carbonyl (C=O) groups is 1. The van der Waals surface area contributed by atoms with E-state index in [1.807, 2.05) is 0 Å². The van der Waals surface area contributed by atoms with Crippen molar-refractivity contribution in [2.45, 2.75) is 50.3 Å². The molecule has 0 unspecified atom stereocenters. The highest BCUT2D eigenvalue weighted by atomic mass is 32.2. The van der Waals surface area contributed by atoms with E-state index in [9.17, 15) is 18.0 Å². The van der Waals surface area contributed by atoms with Gasteiger partial charge in [0.05, 0.1) is 5.75 Å². The van der Waals surface area contributed by atoms with Crippen LogP contribution in [-0.2, 0) is 9.84 Å². The van der Waals surface area contributed by atoms with Crippen LogP contribution in [0.2, 0.25) is 0 Å². The Labute approximate surface area is 138 Å². The maximum atomic E-state index is 12.3. The lowest BCUT2D eigenvalue weighted by atomic mass is 10.2. The number of rotatable bonds is 8. The number of sulfone groups is 1. The van der Waals surface area contributed by atoms with Crippen molar-refractivity contribution in [1.29, 1.82) is 0 Å². The van der Waals surface area contributed by atoms with Crippen molar-refractivity contribution in [1.82, 2.24) is 14.6 Å². The number of hydrogen-bond donors (Lipinski definition) is 0. The van der Waals surface area contributed by atoms with Crippen LogP contribution in [0.25, 0.3) is 4.96 Å². The van der Waals surface area contributed by atoms with Gasteiger partial charge in [0.25, 0.3) is 5.56 Å². The SMILES string of the molecule is CCCCCCCS(=O)(=O)c1nn2c(=O)c(C(C)=O)cnc2s1. The van der Waals surface area contributed by atoms with Gasteiger partial charge in [-0.3, -0.25) is 9.59 Å². The van der Waals surface area contributed by atoms with Crippen molar-refractivity contribution >= 4 is 31.9 Å². The molecule has 0 saturated heterocycles. The Balaban J connectivity index is 2.24. The minimum absolute atomic E-state index is 0.00481. The number of aromatic nitrogens is 3. The first kappa shape index (κ1) is 17.7. The van der Waals surface area contributed by atoms with Crippen molar-refractivity contribution in [3.05, 3.63) is 22.1 Å². The van der Waals surface area contributed by atoms with Gasteiger partial charge in [0.1, 0.15) is 5.56 Å². The van der Waals surface area contributed by atoms with Crippen molar-refractivity contribution in [2.75, 3.05) is 5.75 Å². The van der Waals surface area contributed by atoms with Gasteiger partial charge in [-0.1, -0.05) is 43.9 Å². The third-order valence-corrected chi connectivity index (χ3v) is 6.60. The van der Waals surface area contributed by atoms with Gasteiger partial charge in [-0.05, 0) is 13.3 Å². The summed E-state index contributed by atoms with van der Waals surface area (Å²) < 4.78 is 25.4. The molecule has 0 aliphatic rings. The fourth-order valence-electron chi connectivity index (χ4n) is 2.12. The van der Waals surface area contributed by atoms with Crippen LogP contribution in [0.4, 0.5) is 0 Å². The molecule has 0 radical (unpaired) electrons. The van der Waals surface area contributed by atoms with Gasteiger partial charge in [-0.15, -0.1) is 5.10 Å². The van der Waals surface area contributed by atoms with E-state index < -0.39 is 21.2 Å². The van der Waals surface area contributed by atoms with Crippen LogP contribution >= 0.6 is 11.3 Å². The molecule has 23 heavy (non-hydrogen) atoms. The number of ketones is 1. The highest BCUT2D eigenvalue weighted by molar-refractivity contribution is 7.93. The van der Waals surface area contributed by atoms with E-state index in [0.29, 0.717) is 6.42 Å². The largest absolute Gasteiger partial charge is 0.294 e. The van der Waals surface area contributed by atoms with Gasteiger partial charge in [0, 0.05) is 6.20 Å². The van der Waals surface area contributed by atoms with Gasteiger partial charge in [0.15, 0.2) is 5.78 Å². The topological polar surface area (TPSA) is 98.5 Å². The van der Waals surface area contributed by atoms with Crippen molar-refractivity contribution in [3.8, 4) is 0 Å². The summed E-state index contributed by atoms with van der Waals surface area (Å²) in [6, 6.07) is 0. The predicted octanol–water partition coefficient (Wildman–Crippen LogP) is 2.10. The smallest absolute Gasteiger partial charge is 0.286 e. The summed E-state index contributed by atoms with van der Waals surface area (Å²) in [5.41, 5.74) is -0.737. The van der Waals surface area contributed by atoms with Crippen LogP contribution in [-0.4, -0.2) is 34.6 Å². The summed E-state index contributed by atoms with van der Waals surface area (Å²) in [4.78, 5) is 27.6. The molecule has 0 aliphatic heterocycles. The lowest BCUT2D eigenvalue weighted by molar-refractivity contribution is 0.101. The number of fused-ring (bicyclic) bond motifs is 1. The number of Topliss-reactive ketones (excluding diaryl/α,β-unsaturated/α-hetero) is 1. The first-order valence-corrected chi connectivity index (χ1v) is 9.96. The van der Waals surface area contributed by atoms with Crippen LogP contribution < -0.4 is 5.56 Å². The normalized spacial score (nSPS) is 11.9. The van der Waals surface area contributed by atoms with Gasteiger partial charge in [0.2, 0.25) is 19.1 Å². The molecule has 2 aromatic rings. The second kappa shape index (κ2) is 7.31. The van der Waals surface area contributed by atoms with Crippen LogP contribution in [0.15, 0.2) is 15.3 Å². The van der Waals surface area contributed by atoms with Crippen molar-refractivity contribution < 1.29 is 13.2 Å². The van der Waals surface area contributed by atoms with E-state index in [-0.39, 0.29) is 20.6 Å². The molecule has 2 aromatic heterocycles. The molecule has 0 N–H and O–H groups in total. The quantitative estimate of drug-likeness (QED) is 0.530. The summed E-state index contributed by atoms with van der Waals surface area (Å²) in [6.07, 6.45) is 5.78. The Kier molecular flexibility index (Phi) is 5.64. The van der Waals surface area contributed by atoms with Gasteiger partial charge < -0.3 is 0 Å². The second-order valence-electron chi connectivity index (χ2n) is 5.33. The van der Waals surface area contributed by atoms with E-state index in [1.54, 1.807) is 0 Å². The summed E-state index contributed by atoms with van der Waals surface area (Å²) in [7, 11) is -3.54. The number of carbonyl (C=O) groups excluding carboxylic acids is 1. The van der Waals surface area contributed by atoms with Gasteiger partial charge >= 0.3 is 0 Å². The molecule has 0 aliphatic carbocycles. The highest BCUT2D eigenvalue weighted by Crippen LogP contribution is 2.19. The minimum Gasteiger partial charge on any atom is -0.294 e. The molecule has 0 saturated carbocycles. The summed E-state index contributed by atoms with van der Waals surface area (Å²) in [5.74, 6) is -0.421. The molecule has 9 heteroatoms. The molecule has 0 atom stereocenters. The molecular weight excluding hydrogens is 338 g/mol. The summed E-state index contributed by atoms with van der Waals surface area (Å²) in [5, 5.41) is 3.86. The minimum atomic E-state index is -3.54. The average molecular weight is 357 g/mol. The fourth-order valence-corrected chi connectivity index (χ4v) is 4.66. The monoisotopic (exact) mass is 357 g/mol. The molecule has 7 nitrogen and oxygen atoms in total. The highest BCUT2D eigenvalue weighted by Gasteiger charge is 2.22. The molecule has 0 fully saturated rings. The van der Waals surface area contributed by atoms with Crippen LogP contribution in [0.3, 0.4) is 0 Å². The van der Waals surface area contributed by atoms with Crippen LogP contribution in [0.1, 0.15) is 56.3 Å². The zero-order valence-corrected chi connectivity index (χ0v) is 14.7. The molecule has 0 aromatic carbocycles. The lowest BCUT2D eigenvalue weighted by Crippen LogP contribution is -2.22. The second-order valence-corrected chi connectivity index (χ2v) is 8.57. The molecule has 126 valence electrons. The van der Waals surface area contributed by atoms with Gasteiger partial charge in [-0.25, -0.2) is 13.4 Å². The lowest BCUT2D eigenvalue weighted by Gasteiger charge is -2.00. The van der Waals surface area contributed by atoms with Crippen molar-refractivity contribution in [2.24, 2.45) is 0 Å². The van der Waals surface area contributed by atoms with Crippen molar-refractivity contribution in [3.63, 3.8) is 0 Å². The van der Waals surface area contributed by atoms with Gasteiger partial charge in [-0.2, -0.15) is 4.52 Å². The molecule has 2 rings (SSSR count). The van der Waals surface area contributed by atoms with E-state index >= 15 is 0 Å². The standard InChI is InChI=1S/C14H19N3O4S2/c1-3-4-5-6-7-8-23(20,21)14-16-17-12(19)11(10(2)18)9-15-13(17)22-14/h9H,3-8H2,1-2H3. The molecule has 0 spiro atoms. The zero-order chi connectivity index (χ0) is 17.0.